The van der Waals surface area contributed by atoms with E-state index in [-0.39, 0.29) is 0 Å². The van der Waals surface area contributed by atoms with Gasteiger partial charge in [-0.2, -0.15) is 10.3 Å². The van der Waals surface area contributed by atoms with Crippen molar-refractivity contribution in [2.24, 2.45) is 4.99 Å². The summed E-state index contributed by atoms with van der Waals surface area (Å²) in [5.74, 6) is 0.342. The van der Waals surface area contributed by atoms with Crippen LogP contribution in [0.15, 0.2) is 29.3 Å². The molecule has 0 aliphatic heterocycles. The first-order valence-electron chi connectivity index (χ1n) is 4.53. The van der Waals surface area contributed by atoms with E-state index in [1.54, 1.807) is 24.3 Å². The molecule has 0 aliphatic carbocycles. The Labute approximate surface area is 139 Å². The highest BCUT2D eigenvalue weighted by atomic mass is 35.5. The summed E-state index contributed by atoms with van der Waals surface area (Å²) in [7, 11) is 0. The first-order valence-corrected chi connectivity index (χ1v) is 6.80. The van der Waals surface area contributed by atoms with Gasteiger partial charge in [0.1, 0.15) is 11.8 Å². The Kier molecular flexibility index (Phi) is 5.88. The van der Waals surface area contributed by atoms with Gasteiger partial charge in [0, 0.05) is 5.02 Å². The summed E-state index contributed by atoms with van der Waals surface area (Å²) in [6.45, 7) is 0. The molecule has 0 bridgehead atoms. The SMILES string of the molecule is N#CC(Cl)(Cl)C(Cl)(Cl)/N=C(\Cl)Oc1ccc(Cl)cc1. The zero-order chi connectivity index (χ0) is 14.7. The number of hydrogen-bond acceptors (Lipinski definition) is 3. The molecule has 0 N–H and O–H groups in total. The van der Waals surface area contributed by atoms with E-state index in [1.165, 1.54) is 6.07 Å². The lowest BCUT2D eigenvalue weighted by Gasteiger charge is -2.22. The van der Waals surface area contributed by atoms with Crippen LogP contribution in [0.4, 0.5) is 0 Å². The molecule has 0 spiro atoms. The molecule has 1 aromatic rings. The average Bonchev–Trinajstić information content (AvgIpc) is 2.31. The van der Waals surface area contributed by atoms with Crippen LogP contribution in [0.3, 0.4) is 0 Å². The third-order valence-corrected chi connectivity index (χ3v) is 4.01. The van der Waals surface area contributed by atoms with Crippen LogP contribution >= 0.6 is 69.6 Å². The fourth-order valence-corrected chi connectivity index (χ4v) is 1.62. The number of nitriles is 1. The Morgan fingerprint density at radius 2 is 1.68 bits per heavy atom. The van der Waals surface area contributed by atoms with Crippen LogP contribution in [0.5, 0.6) is 5.75 Å². The van der Waals surface area contributed by atoms with Gasteiger partial charge >= 0.3 is 0 Å². The molecule has 3 nitrogen and oxygen atoms in total. The summed E-state index contributed by atoms with van der Waals surface area (Å²) < 4.78 is 0.739. The number of hydrogen-bond donors (Lipinski definition) is 0. The van der Waals surface area contributed by atoms with Crippen LogP contribution in [0.25, 0.3) is 0 Å². The van der Waals surface area contributed by atoms with Crippen molar-refractivity contribution in [3.63, 3.8) is 0 Å². The van der Waals surface area contributed by atoms with Gasteiger partial charge in [-0.3, -0.25) is 0 Å². The van der Waals surface area contributed by atoms with Gasteiger partial charge in [0.2, 0.25) is 0 Å². The lowest BCUT2D eigenvalue weighted by atomic mass is 10.3. The highest BCUT2D eigenvalue weighted by Crippen LogP contribution is 2.43. The molecule has 0 fully saturated rings. The minimum atomic E-state index is -2.19. The van der Waals surface area contributed by atoms with Gasteiger partial charge in [0.05, 0.1) is 0 Å². The Morgan fingerprint density at radius 3 is 2.16 bits per heavy atom. The zero-order valence-corrected chi connectivity index (χ0v) is 13.4. The molecule has 19 heavy (non-hydrogen) atoms. The average molecular weight is 381 g/mol. The third kappa shape index (κ3) is 4.75. The first-order chi connectivity index (χ1) is 8.68. The Morgan fingerprint density at radius 1 is 1.16 bits per heavy atom. The lowest BCUT2D eigenvalue weighted by molar-refractivity contribution is 0.555. The lowest BCUT2D eigenvalue weighted by Crippen LogP contribution is -2.34. The summed E-state index contributed by atoms with van der Waals surface area (Å²) in [5.41, 5.74) is 0. The van der Waals surface area contributed by atoms with Gasteiger partial charge in [-0.1, -0.05) is 58.0 Å². The number of aliphatic imine (C=N–C) groups is 1. The van der Waals surface area contributed by atoms with Gasteiger partial charge in [0.15, 0.2) is 0 Å². The van der Waals surface area contributed by atoms with E-state index in [0.717, 1.165) is 0 Å². The second-order valence-electron chi connectivity index (χ2n) is 3.15. The predicted octanol–water partition coefficient (Wildman–Crippen LogP) is 5.14. The molecule has 9 heteroatoms. The molecule has 1 aromatic carbocycles. The topological polar surface area (TPSA) is 45.4 Å². The van der Waals surface area contributed by atoms with Crippen LogP contribution in [-0.4, -0.2) is 14.1 Å². The van der Waals surface area contributed by atoms with Crippen LogP contribution in [0.1, 0.15) is 0 Å². The first kappa shape index (κ1) is 17.0. The fourth-order valence-electron chi connectivity index (χ4n) is 0.871. The van der Waals surface area contributed by atoms with E-state index in [9.17, 15) is 0 Å². The van der Waals surface area contributed by atoms with Crippen LogP contribution in [0, 0.1) is 11.3 Å². The Balaban J connectivity index is 2.89. The van der Waals surface area contributed by atoms with E-state index in [4.69, 9.17) is 79.6 Å². The maximum Gasteiger partial charge on any atom is 0.290 e. The molecule has 0 amide bonds. The quantitative estimate of drug-likeness (QED) is 0.315. The minimum absolute atomic E-state index is 0.342. The summed E-state index contributed by atoms with van der Waals surface area (Å²) in [6.07, 6.45) is 0. The summed E-state index contributed by atoms with van der Waals surface area (Å²) in [4.78, 5) is 3.54. The number of nitrogens with zero attached hydrogens (tertiary/aromatic N) is 2. The third-order valence-electron chi connectivity index (χ3n) is 1.76. The van der Waals surface area contributed by atoms with Crippen molar-refractivity contribution in [1.82, 2.24) is 0 Å². The molecule has 0 unspecified atom stereocenters. The Hall–Kier alpha value is -0.0800. The van der Waals surface area contributed by atoms with E-state index in [0.29, 0.717) is 10.8 Å². The second-order valence-corrected chi connectivity index (χ2v) is 6.52. The van der Waals surface area contributed by atoms with E-state index in [2.05, 4.69) is 4.99 Å². The molecule has 0 saturated heterocycles. The van der Waals surface area contributed by atoms with Crippen molar-refractivity contribution in [1.29, 1.82) is 5.26 Å². The molecular weight excluding hydrogens is 377 g/mol. The van der Waals surface area contributed by atoms with Crippen molar-refractivity contribution in [3.05, 3.63) is 29.3 Å². The highest BCUT2D eigenvalue weighted by molar-refractivity contribution is 6.67. The maximum absolute atomic E-state index is 8.71. The number of rotatable bonds is 3. The van der Waals surface area contributed by atoms with E-state index in [1.807, 2.05) is 0 Å². The minimum Gasteiger partial charge on any atom is -0.430 e. The van der Waals surface area contributed by atoms with Gasteiger partial charge in [0.25, 0.3) is 14.1 Å². The number of alkyl halides is 4. The maximum atomic E-state index is 8.71. The molecule has 0 heterocycles. The zero-order valence-electron chi connectivity index (χ0n) is 8.88. The van der Waals surface area contributed by atoms with Crippen molar-refractivity contribution < 1.29 is 4.74 Å². The summed E-state index contributed by atoms with van der Waals surface area (Å²) >= 11 is 34.0. The normalized spacial score (nSPS) is 13.0. The fraction of sp³-hybridized carbons (Fsp3) is 0.200. The number of benzene rings is 1. The summed E-state index contributed by atoms with van der Waals surface area (Å²) in [6, 6.07) is 7.74. The van der Waals surface area contributed by atoms with E-state index < -0.39 is 14.1 Å². The molecule has 0 atom stereocenters. The molecular formula is C10H4Cl6N2O. The van der Waals surface area contributed by atoms with Crippen molar-refractivity contribution >= 4 is 75.0 Å². The monoisotopic (exact) mass is 378 g/mol. The van der Waals surface area contributed by atoms with Crippen molar-refractivity contribution in [3.8, 4) is 11.8 Å². The predicted molar refractivity (Wildman–Crippen MR) is 79.9 cm³/mol. The molecule has 0 aliphatic rings. The Bertz CT molecular complexity index is 520. The van der Waals surface area contributed by atoms with Crippen molar-refractivity contribution in [2.75, 3.05) is 0 Å². The second kappa shape index (κ2) is 6.58. The van der Waals surface area contributed by atoms with Gasteiger partial charge in [-0.05, 0) is 35.9 Å². The van der Waals surface area contributed by atoms with Crippen LogP contribution < -0.4 is 4.74 Å². The molecule has 1 rings (SSSR count). The smallest absolute Gasteiger partial charge is 0.290 e. The van der Waals surface area contributed by atoms with Crippen LogP contribution in [-0.2, 0) is 0 Å². The van der Waals surface area contributed by atoms with Gasteiger partial charge < -0.3 is 4.74 Å². The number of ether oxygens (including phenoxy) is 1. The van der Waals surface area contributed by atoms with Crippen molar-refractivity contribution in [2.45, 2.75) is 8.79 Å². The highest BCUT2D eigenvalue weighted by Gasteiger charge is 2.48. The van der Waals surface area contributed by atoms with Crippen LogP contribution in [0.2, 0.25) is 5.02 Å². The standard InChI is InChI=1S/C10H4Cl6N2O/c11-6-1-3-7(4-2-6)19-8(12)18-10(15,16)9(13,14)5-17/h1-4H/b18-8+. The van der Waals surface area contributed by atoms with Gasteiger partial charge in [-0.25, -0.2) is 0 Å². The summed E-state index contributed by atoms with van der Waals surface area (Å²) in [5, 5.41) is 8.80. The molecule has 102 valence electrons. The molecule has 0 radical (unpaired) electrons. The molecule has 0 saturated carbocycles. The largest absolute Gasteiger partial charge is 0.430 e. The van der Waals surface area contributed by atoms with E-state index >= 15 is 0 Å². The molecule has 0 aromatic heterocycles. The number of halogens is 6. The van der Waals surface area contributed by atoms with Gasteiger partial charge in [-0.15, -0.1) is 0 Å².